The third-order valence-electron chi connectivity index (χ3n) is 4.61. The molecule has 3 heterocycles. The van der Waals surface area contributed by atoms with Crippen LogP contribution in [0, 0.1) is 22.7 Å². The second kappa shape index (κ2) is 5.93. The van der Waals surface area contributed by atoms with Crippen molar-refractivity contribution < 1.29 is 0 Å². The van der Waals surface area contributed by atoms with Crippen molar-refractivity contribution in [3.8, 4) is 12.1 Å². The van der Waals surface area contributed by atoms with Crippen LogP contribution in [-0.2, 0) is 7.05 Å². The fourth-order valence-corrected chi connectivity index (χ4v) is 3.08. The molecule has 3 aromatic heterocycles. The number of imidazole rings is 1. The Balaban J connectivity index is 1.58. The average molecular weight is 370 g/mol. The molecule has 0 spiro atoms. The van der Waals surface area contributed by atoms with Crippen LogP contribution >= 0.6 is 0 Å². The topological polar surface area (TPSA) is 133 Å². The fourth-order valence-electron chi connectivity index (χ4n) is 3.08. The van der Waals surface area contributed by atoms with E-state index in [2.05, 4.69) is 42.9 Å². The largest absolute Gasteiger partial charge is 0.364 e. The highest BCUT2D eigenvalue weighted by Gasteiger charge is 2.24. The third kappa shape index (κ3) is 2.56. The number of fused-ring (bicyclic) bond motifs is 2. The molecule has 0 radical (unpaired) electrons. The minimum Gasteiger partial charge on any atom is -0.364 e. The molecular weight excluding hydrogens is 356 g/mol. The Morgan fingerprint density at radius 3 is 2.79 bits per heavy atom. The highest BCUT2D eigenvalue weighted by Crippen LogP contribution is 2.28. The third-order valence-corrected chi connectivity index (χ3v) is 4.61. The van der Waals surface area contributed by atoms with Crippen LogP contribution in [0.25, 0.3) is 16.6 Å². The van der Waals surface area contributed by atoms with Gasteiger partial charge in [-0.2, -0.15) is 25.1 Å². The van der Waals surface area contributed by atoms with Gasteiger partial charge >= 0.3 is 0 Å². The Kier molecular flexibility index (Phi) is 3.39. The molecule has 0 aliphatic heterocycles. The van der Waals surface area contributed by atoms with Crippen LogP contribution in [0.5, 0.6) is 0 Å². The quantitative estimate of drug-likeness (QED) is 0.558. The van der Waals surface area contributed by atoms with Gasteiger partial charge in [-0.1, -0.05) is 0 Å². The van der Waals surface area contributed by atoms with E-state index in [-0.39, 0.29) is 0 Å². The number of nitrogens with one attached hydrogen (secondary N) is 2. The molecule has 0 bridgehead atoms. The van der Waals surface area contributed by atoms with Crippen molar-refractivity contribution in [3.05, 3.63) is 35.8 Å². The lowest BCUT2D eigenvalue weighted by atomic mass is 10.2. The van der Waals surface area contributed by atoms with Crippen LogP contribution in [0.3, 0.4) is 0 Å². The summed E-state index contributed by atoms with van der Waals surface area (Å²) in [6.45, 7) is 0. The Hall–Kier alpha value is -4.18. The molecule has 0 saturated heterocycles. The molecule has 1 aliphatic carbocycles. The predicted molar refractivity (Wildman–Crippen MR) is 101 cm³/mol. The van der Waals surface area contributed by atoms with Crippen LogP contribution in [-0.4, -0.2) is 35.4 Å². The zero-order valence-corrected chi connectivity index (χ0v) is 14.9. The maximum absolute atomic E-state index is 9.32. The van der Waals surface area contributed by atoms with E-state index in [1.807, 2.05) is 18.2 Å². The minimum absolute atomic E-state index is 0.326. The zero-order chi connectivity index (χ0) is 19.3. The van der Waals surface area contributed by atoms with E-state index in [1.165, 1.54) is 10.7 Å². The van der Waals surface area contributed by atoms with E-state index in [1.54, 1.807) is 11.7 Å². The number of benzene rings is 1. The molecule has 1 aromatic carbocycles. The maximum Gasteiger partial charge on any atom is 0.247 e. The number of aryl methyl sites for hydroxylation is 1. The summed E-state index contributed by atoms with van der Waals surface area (Å²) in [4.78, 5) is 8.80. The Bertz CT molecular complexity index is 1310. The first-order chi connectivity index (χ1) is 13.7. The van der Waals surface area contributed by atoms with Crippen LogP contribution in [0.2, 0.25) is 0 Å². The SMILES string of the molecule is Cn1nc(C#N)c2cc(Nc3nc(NC4CC4)c4ncc(C#N)n4n3)ccc21. The van der Waals surface area contributed by atoms with Crippen molar-refractivity contribution in [2.24, 2.45) is 7.05 Å². The smallest absolute Gasteiger partial charge is 0.247 e. The zero-order valence-electron chi connectivity index (χ0n) is 14.9. The molecule has 0 amide bonds. The van der Waals surface area contributed by atoms with E-state index in [0.717, 1.165) is 23.7 Å². The second-order valence-corrected chi connectivity index (χ2v) is 6.63. The van der Waals surface area contributed by atoms with Gasteiger partial charge in [0.25, 0.3) is 0 Å². The summed E-state index contributed by atoms with van der Waals surface area (Å²) in [7, 11) is 1.80. The first-order valence-electron chi connectivity index (χ1n) is 8.72. The maximum atomic E-state index is 9.32. The first-order valence-corrected chi connectivity index (χ1v) is 8.72. The molecule has 1 fully saturated rings. The van der Waals surface area contributed by atoms with Gasteiger partial charge in [-0.3, -0.25) is 4.68 Å². The summed E-state index contributed by atoms with van der Waals surface area (Å²) >= 11 is 0. The van der Waals surface area contributed by atoms with E-state index >= 15 is 0 Å². The number of nitriles is 2. The number of rotatable bonds is 4. The summed E-state index contributed by atoms with van der Waals surface area (Å²) in [5, 5.41) is 34.4. The molecule has 136 valence electrons. The molecule has 1 aliphatic rings. The van der Waals surface area contributed by atoms with E-state index in [0.29, 0.717) is 40.5 Å². The van der Waals surface area contributed by atoms with Gasteiger partial charge in [0.15, 0.2) is 22.9 Å². The standard InChI is InChI=1S/C18H14N10/c1-27-15-5-4-11(6-13(15)14(8-20)25-27)23-18-24-16(22-10-2-3-10)17-21-9-12(7-19)28(17)26-18/h4-6,9-10H,2-3H2,1H3,(H2,22,23,24,26). The van der Waals surface area contributed by atoms with Gasteiger partial charge < -0.3 is 10.6 Å². The van der Waals surface area contributed by atoms with Gasteiger partial charge in [0.1, 0.15) is 12.1 Å². The Morgan fingerprint density at radius 1 is 1.18 bits per heavy atom. The van der Waals surface area contributed by atoms with E-state index < -0.39 is 0 Å². The molecule has 2 N–H and O–H groups in total. The van der Waals surface area contributed by atoms with Gasteiger partial charge in [-0.25, -0.2) is 4.98 Å². The van der Waals surface area contributed by atoms with Gasteiger partial charge in [0, 0.05) is 24.2 Å². The summed E-state index contributed by atoms with van der Waals surface area (Å²) < 4.78 is 3.14. The van der Waals surface area contributed by atoms with Gasteiger partial charge in [-0.05, 0) is 31.0 Å². The highest BCUT2D eigenvalue weighted by atomic mass is 15.4. The number of aromatic nitrogens is 6. The van der Waals surface area contributed by atoms with Crippen LogP contribution in [0.15, 0.2) is 24.4 Å². The van der Waals surface area contributed by atoms with Crippen molar-refractivity contribution >= 4 is 34.0 Å². The van der Waals surface area contributed by atoms with Gasteiger partial charge in [0.05, 0.1) is 11.7 Å². The molecule has 4 aromatic rings. The predicted octanol–water partition coefficient (Wildman–Crippen LogP) is 2.07. The van der Waals surface area contributed by atoms with Gasteiger partial charge in [-0.15, -0.1) is 5.10 Å². The monoisotopic (exact) mass is 370 g/mol. The molecule has 28 heavy (non-hydrogen) atoms. The summed E-state index contributed by atoms with van der Waals surface area (Å²) in [6.07, 6.45) is 3.64. The van der Waals surface area contributed by atoms with E-state index in [9.17, 15) is 10.5 Å². The number of nitrogens with zero attached hydrogens (tertiary/aromatic N) is 8. The summed E-state index contributed by atoms with van der Waals surface area (Å²) in [6, 6.07) is 10.1. The van der Waals surface area contributed by atoms with Crippen LogP contribution < -0.4 is 10.6 Å². The molecule has 10 heteroatoms. The lowest BCUT2D eigenvalue weighted by molar-refractivity contribution is 0.791. The van der Waals surface area contributed by atoms with Crippen molar-refractivity contribution in [2.75, 3.05) is 10.6 Å². The summed E-state index contributed by atoms with van der Waals surface area (Å²) in [5.41, 5.74) is 2.77. The molecule has 1 saturated carbocycles. The summed E-state index contributed by atoms with van der Waals surface area (Å²) in [5.74, 6) is 0.911. The van der Waals surface area contributed by atoms with E-state index in [4.69, 9.17) is 0 Å². The molecule has 10 nitrogen and oxygen atoms in total. The van der Waals surface area contributed by atoms with Crippen molar-refractivity contribution in [2.45, 2.75) is 18.9 Å². The van der Waals surface area contributed by atoms with Crippen LogP contribution in [0.4, 0.5) is 17.5 Å². The minimum atomic E-state index is 0.326. The van der Waals surface area contributed by atoms with Crippen LogP contribution in [0.1, 0.15) is 24.2 Å². The lowest BCUT2D eigenvalue weighted by Crippen LogP contribution is -2.10. The number of hydrogen-bond acceptors (Lipinski definition) is 8. The Labute approximate surface area is 159 Å². The number of anilines is 3. The highest BCUT2D eigenvalue weighted by molar-refractivity contribution is 5.87. The molecule has 5 rings (SSSR count). The Morgan fingerprint density at radius 2 is 2.04 bits per heavy atom. The second-order valence-electron chi connectivity index (χ2n) is 6.63. The molecule has 0 atom stereocenters. The average Bonchev–Trinajstić information content (AvgIpc) is 3.32. The van der Waals surface area contributed by atoms with Crippen molar-refractivity contribution in [3.63, 3.8) is 0 Å². The molecular formula is C18H14N10. The van der Waals surface area contributed by atoms with Crippen molar-refractivity contribution in [1.29, 1.82) is 10.5 Å². The fraction of sp³-hybridized carbons (Fsp3) is 0.222. The normalized spacial score (nSPS) is 13.4. The number of hydrogen-bond donors (Lipinski definition) is 2. The first kappa shape index (κ1) is 16.0. The van der Waals surface area contributed by atoms with Gasteiger partial charge in [0.2, 0.25) is 5.95 Å². The molecule has 0 unspecified atom stereocenters. The lowest BCUT2D eigenvalue weighted by Gasteiger charge is -2.10. The van der Waals surface area contributed by atoms with Crippen molar-refractivity contribution in [1.82, 2.24) is 29.4 Å².